The zero-order chi connectivity index (χ0) is 15.5. The van der Waals surface area contributed by atoms with Crippen molar-refractivity contribution in [3.8, 4) is 0 Å². The van der Waals surface area contributed by atoms with Crippen molar-refractivity contribution in [1.82, 2.24) is 5.43 Å². The first-order chi connectivity index (χ1) is 9.88. The molecular weight excluding hydrogens is 280 g/mol. The van der Waals surface area contributed by atoms with Gasteiger partial charge in [-0.3, -0.25) is 4.79 Å². The van der Waals surface area contributed by atoms with Gasteiger partial charge in [0.15, 0.2) is 0 Å². The molecule has 0 spiro atoms. The SMILES string of the molecule is Cc1ccsc1/C=N/NC(=O)c1ccc(C(C)(C)C)cc1. The standard InChI is InChI=1S/C17H20N2OS/c1-12-9-10-21-15(12)11-18-19-16(20)13-5-7-14(8-6-13)17(2,3)4/h5-11H,1-4H3,(H,19,20)/b18-11+. The summed E-state index contributed by atoms with van der Waals surface area (Å²) in [5, 5.41) is 6.01. The molecule has 2 rings (SSSR count). The van der Waals surface area contributed by atoms with Gasteiger partial charge in [-0.25, -0.2) is 5.43 Å². The highest BCUT2D eigenvalue weighted by Gasteiger charge is 2.14. The molecule has 0 aliphatic carbocycles. The molecule has 0 unspecified atom stereocenters. The van der Waals surface area contributed by atoms with Gasteiger partial charge in [0.05, 0.1) is 6.21 Å². The molecule has 1 aromatic heterocycles. The fourth-order valence-corrected chi connectivity index (χ4v) is 2.64. The molecule has 0 radical (unpaired) electrons. The summed E-state index contributed by atoms with van der Waals surface area (Å²) in [5.74, 6) is -0.194. The quantitative estimate of drug-likeness (QED) is 0.672. The van der Waals surface area contributed by atoms with Gasteiger partial charge in [-0.2, -0.15) is 5.10 Å². The molecule has 1 aromatic carbocycles. The summed E-state index contributed by atoms with van der Waals surface area (Å²) in [6.07, 6.45) is 1.68. The van der Waals surface area contributed by atoms with Crippen LogP contribution in [0.5, 0.6) is 0 Å². The Bertz CT molecular complexity index is 648. The molecule has 0 aliphatic rings. The van der Waals surface area contributed by atoms with Crippen LogP contribution in [-0.4, -0.2) is 12.1 Å². The summed E-state index contributed by atoms with van der Waals surface area (Å²) < 4.78 is 0. The van der Waals surface area contributed by atoms with Crippen molar-refractivity contribution in [3.63, 3.8) is 0 Å². The van der Waals surface area contributed by atoms with Crippen LogP contribution in [0.4, 0.5) is 0 Å². The summed E-state index contributed by atoms with van der Waals surface area (Å²) >= 11 is 1.60. The van der Waals surface area contributed by atoms with Crippen LogP contribution < -0.4 is 5.43 Å². The fraction of sp³-hybridized carbons (Fsp3) is 0.294. The number of nitrogens with one attached hydrogen (secondary N) is 1. The topological polar surface area (TPSA) is 41.5 Å². The highest BCUT2D eigenvalue weighted by atomic mass is 32.1. The maximum absolute atomic E-state index is 12.0. The maximum atomic E-state index is 12.0. The molecule has 21 heavy (non-hydrogen) atoms. The van der Waals surface area contributed by atoms with E-state index in [9.17, 15) is 4.79 Å². The zero-order valence-electron chi connectivity index (χ0n) is 12.8. The summed E-state index contributed by atoms with van der Waals surface area (Å²) in [6, 6.07) is 9.67. The van der Waals surface area contributed by atoms with E-state index in [1.54, 1.807) is 17.6 Å². The lowest BCUT2D eigenvalue weighted by atomic mass is 9.87. The smallest absolute Gasteiger partial charge is 0.267 e. The first-order valence-electron chi connectivity index (χ1n) is 6.86. The van der Waals surface area contributed by atoms with Crippen molar-refractivity contribution >= 4 is 23.5 Å². The summed E-state index contributed by atoms with van der Waals surface area (Å²) in [5.41, 5.74) is 5.63. The number of thiophene rings is 1. The van der Waals surface area contributed by atoms with Gasteiger partial charge < -0.3 is 0 Å². The van der Waals surface area contributed by atoms with Crippen molar-refractivity contribution in [2.75, 3.05) is 0 Å². The van der Waals surface area contributed by atoms with Crippen LogP contribution in [0.25, 0.3) is 0 Å². The number of hydrazone groups is 1. The van der Waals surface area contributed by atoms with E-state index in [0.29, 0.717) is 5.56 Å². The fourth-order valence-electron chi connectivity index (χ4n) is 1.85. The maximum Gasteiger partial charge on any atom is 0.271 e. The second kappa shape index (κ2) is 6.22. The van der Waals surface area contributed by atoms with Crippen molar-refractivity contribution in [2.45, 2.75) is 33.1 Å². The van der Waals surface area contributed by atoms with Crippen LogP contribution in [0, 0.1) is 6.92 Å². The minimum Gasteiger partial charge on any atom is -0.267 e. The van der Waals surface area contributed by atoms with Crippen LogP contribution in [-0.2, 0) is 5.41 Å². The molecule has 1 N–H and O–H groups in total. The first-order valence-corrected chi connectivity index (χ1v) is 7.74. The highest BCUT2D eigenvalue weighted by molar-refractivity contribution is 7.11. The van der Waals surface area contributed by atoms with Gasteiger partial charge >= 0.3 is 0 Å². The Kier molecular flexibility index (Phi) is 4.58. The molecule has 4 heteroatoms. The summed E-state index contributed by atoms with van der Waals surface area (Å²) in [7, 11) is 0. The van der Waals surface area contributed by atoms with E-state index in [2.05, 4.69) is 31.3 Å². The molecule has 0 aliphatic heterocycles. The summed E-state index contributed by atoms with van der Waals surface area (Å²) in [4.78, 5) is 13.1. The minimum atomic E-state index is -0.194. The third-order valence-corrected chi connectivity index (χ3v) is 4.22. The van der Waals surface area contributed by atoms with E-state index < -0.39 is 0 Å². The number of aryl methyl sites for hydroxylation is 1. The molecule has 0 fully saturated rings. The molecule has 0 atom stereocenters. The number of amides is 1. The Hall–Kier alpha value is -1.94. The van der Waals surface area contributed by atoms with Gasteiger partial charge in [-0.1, -0.05) is 32.9 Å². The minimum absolute atomic E-state index is 0.0872. The van der Waals surface area contributed by atoms with Gasteiger partial charge in [0.1, 0.15) is 0 Å². The Balaban J connectivity index is 2.01. The number of rotatable bonds is 3. The van der Waals surface area contributed by atoms with Crippen LogP contribution in [0.2, 0.25) is 0 Å². The van der Waals surface area contributed by atoms with Crippen molar-refractivity contribution in [1.29, 1.82) is 0 Å². The highest BCUT2D eigenvalue weighted by Crippen LogP contribution is 2.22. The monoisotopic (exact) mass is 300 g/mol. The molecule has 1 heterocycles. The number of hydrogen-bond donors (Lipinski definition) is 1. The van der Waals surface area contributed by atoms with E-state index in [1.165, 1.54) is 5.56 Å². The Morgan fingerprint density at radius 3 is 2.38 bits per heavy atom. The molecule has 0 saturated carbocycles. The number of hydrogen-bond acceptors (Lipinski definition) is 3. The van der Waals surface area contributed by atoms with E-state index in [1.807, 2.05) is 42.6 Å². The van der Waals surface area contributed by atoms with Crippen LogP contribution >= 0.6 is 11.3 Å². The van der Waals surface area contributed by atoms with Crippen LogP contribution in [0.1, 0.15) is 47.1 Å². The predicted octanol–water partition coefficient (Wildman–Crippen LogP) is 4.12. The van der Waals surface area contributed by atoms with Gasteiger partial charge in [-0.05, 0) is 47.0 Å². The number of carbonyl (C=O) groups excluding carboxylic acids is 1. The van der Waals surface area contributed by atoms with Gasteiger partial charge in [0.25, 0.3) is 5.91 Å². The molecule has 110 valence electrons. The third-order valence-electron chi connectivity index (χ3n) is 3.26. The van der Waals surface area contributed by atoms with Crippen molar-refractivity contribution in [2.24, 2.45) is 5.10 Å². The lowest BCUT2D eigenvalue weighted by Gasteiger charge is -2.18. The van der Waals surface area contributed by atoms with Gasteiger partial charge in [0, 0.05) is 10.4 Å². The molecule has 0 saturated heterocycles. The van der Waals surface area contributed by atoms with Gasteiger partial charge in [-0.15, -0.1) is 11.3 Å². The Labute approximate surface area is 129 Å². The second-order valence-electron chi connectivity index (χ2n) is 5.99. The van der Waals surface area contributed by atoms with Crippen molar-refractivity contribution < 1.29 is 4.79 Å². The summed E-state index contributed by atoms with van der Waals surface area (Å²) in [6.45, 7) is 8.46. The van der Waals surface area contributed by atoms with E-state index in [0.717, 1.165) is 10.4 Å². The third kappa shape index (κ3) is 4.02. The zero-order valence-corrected chi connectivity index (χ0v) is 13.6. The predicted molar refractivity (Wildman–Crippen MR) is 89.3 cm³/mol. The van der Waals surface area contributed by atoms with E-state index in [4.69, 9.17) is 0 Å². The lowest BCUT2D eigenvalue weighted by molar-refractivity contribution is 0.0955. The Morgan fingerprint density at radius 1 is 1.19 bits per heavy atom. The first kappa shape index (κ1) is 15.4. The average Bonchev–Trinajstić information content (AvgIpc) is 2.83. The number of nitrogens with zero attached hydrogens (tertiary/aromatic N) is 1. The molecule has 0 bridgehead atoms. The van der Waals surface area contributed by atoms with Crippen LogP contribution in [0.3, 0.4) is 0 Å². The van der Waals surface area contributed by atoms with Crippen LogP contribution in [0.15, 0.2) is 40.8 Å². The number of carbonyl (C=O) groups is 1. The van der Waals surface area contributed by atoms with Crippen molar-refractivity contribution in [3.05, 3.63) is 57.3 Å². The Morgan fingerprint density at radius 2 is 1.86 bits per heavy atom. The van der Waals surface area contributed by atoms with Gasteiger partial charge in [0.2, 0.25) is 0 Å². The van der Waals surface area contributed by atoms with E-state index >= 15 is 0 Å². The van der Waals surface area contributed by atoms with E-state index in [-0.39, 0.29) is 11.3 Å². The second-order valence-corrected chi connectivity index (χ2v) is 6.94. The normalized spacial score (nSPS) is 11.8. The molecular formula is C17H20N2OS. The average molecular weight is 300 g/mol. The number of benzene rings is 1. The molecule has 2 aromatic rings. The lowest BCUT2D eigenvalue weighted by Crippen LogP contribution is -2.18. The molecule has 1 amide bonds. The molecule has 3 nitrogen and oxygen atoms in total. The largest absolute Gasteiger partial charge is 0.271 e.